The second kappa shape index (κ2) is 9.58. The molecule has 8 heteroatoms. The van der Waals surface area contributed by atoms with Crippen LogP contribution in [0, 0.1) is 5.82 Å². The average Bonchev–Trinajstić information content (AvgIpc) is 2.91. The standard InChI is InChI=1S/C27H25FN4O3/c1-35-24-7-3-2-6-23(24)30-13-15-31(16-14-30)26(33)22-17-20-5-4-12-29-25(20)32(27(22)34)18-19-8-10-21(28)11-9-19/h2-12,17H,13-16,18H2,1H3. The van der Waals surface area contributed by atoms with E-state index < -0.39 is 5.56 Å². The number of carbonyl (C=O) groups is 1. The lowest BCUT2D eigenvalue weighted by atomic mass is 10.1. The van der Waals surface area contributed by atoms with Crippen LogP contribution in [0.3, 0.4) is 0 Å². The molecular weight excluding hydrogens is 447 g/mol. The Labute approximate surface area is 202 Å². The van der Waals surface area contributed by atoms with Gasteiger partial charge in [0.15, 0.2) is 0 Å². The molecule has 0 spiro atoms. The highest BCUT2D eigenvalue weighted by Gasteiger charge is 2.26. The number of fused-ring (bicyclic) bond motifs is 1. The number of para-hydroxylation sites is 2. The first-order valence-corrected chi connectivity index (χ1v) is 11.5. The Morgan fingerprint density at radius 3 is 2.49 bits per heavy atom. The number of amides is 1. The van der Waals surface area contributed by atoms with Gasteiger partial charge in [0, 0.05) is 37.8 Å². The summed E-state index contributed by atoms with van der Waals surface area (Å²) in [6.45, 7) is 2.42. The van der Waals surface area contributed by atoms with Gasteiger partial charge in [0.1, 0.15) is 22.8 Å². The SMILES string of the molecule is COc1ccccc1N1CCN(C(=O)c2cc3cccnc3n(Cc3ccc(F)cc3)c2=O)CC1. The minimum atomic E-state index is -0.405. The molecule has 0 saturated carbocycles. The lowest BCUT2D eigenvalue weighted by Gasteiger charge is -2.36. The topological polar surface area (TPSA) is 67.7 Å². The van der Waals surface area contributed by atoms with E-state index in [9.17, 15) is 14.0 Å². The Kier molecular flexibility index (Phi) is 6.18. The van der Waals surface area contributed by atoms with E-state index in [1.54, 1.807) is 42.5 Å². The van der Waals surface area contributed by atoms with Gasteiger partial charge in [-0.15, -0.1) is 0 Å². The summed E-state index contributed by atoms with van der Waals surface area (Å²) in [4.78, 5) is 35.2. The zero-order valence-corrected chi connectivity index (χ0v) is 19.4. The molecule has 5 rings (SSSR count). The maximum atomic E-state index is 13.5. The maximum absolute atomic E-state index is 13.5. The minimum Gasteiger partial charge on any atom is -0.495 e. The van der Waals surface area contributed by atoms with Gasteiger partial charge in [-0.3, -0.25) is 14.2 Å². The minimum absolute atomic E-state index is 0.110. The van der Waals surface area contributed by atoms with Gasteiger partial charge in [-0.05, 0) is 48.0 Å². The molecule has 2 aromatic carbocycles. The summed E-state index contributed by atoms with van der Waals surface area (Å²) in [5.74, 6) is 0.145. The quantitative estimate of drug-likeness (QED) is 0.444. The maximum Gasteiger partial charge on any atom is 0.265 e. The van der Waals surface area contributed by atoms with Crippen molar-refractivity contribution in [2.45, 2.75) is 6.54 Å². The van der Waals surface area contributed by atoms with Gasteiger partial charge in [0.2, 0.25) is 0 Å². The summed E-state index contributed by atoms with van der Waals surface area (Å²) in [5.41, 5.74) is 1.92. The van der Waals surface area contributed by atoms with E-state index in [0.29, 0.717) is 37.2 Å². The monoisotopic (exact) mass is 472 g/mol. The molecule has 35 heavy (non-hydrogen) atoms. The molecular formula is C27H25FN4O3. The molecule has 0 atom stereocenters. The third kappa shape index (κ3) is 4.47. The van der Waals surface area contributed by atoms with Gasteiger partial charge in [0.25, 0.3) is 11.5 Å². The number of methoxy groups -OCH3 is 1. The molecule has 0 radical (unpaired) electrons. The molecule has 7 nitrogen and oxygen atoms in total. The van der Waals surface area contributed by atoms with Gasteiger partial charge in [-0.25, -0.2) is 9.37 Å². The molecule has 3 heterocycles. The van der Waals surface area contributed by atoms with E-state index in [1.807, 2.05) is 30.3 Å². The lowest BCUT2D eigenvalue weighted by molar-refractivity contribution is 0.0744. The number of hydrogen-bond donors (Lipinski definition) is 0. The molecule has 1 fully saturated rings. The fourth-order valence-electron chi connectivity index (χ4n) is 4.49. The fraction of sp³-hybridized carbons (Fsp3) is 0.222. The first kappa shape index (κ1) is 22.6. The van der Waals surface area contributed by atoms with Crippen molar-refractivity contribution in [3.8, 4) is 5.75 Å². The van der Waals surface area contributed by atoms with Crippen LogP contribution in [0.5, 0.6) is 5.75 Å². The van der Waals surface area contributed by atoms with Crippen molar-refractivity contribution in [1.29, 1.82) is 0 Å². The number of aromatic nitrogens is 2. The van der Waals surface area contributed by atoms with Gasteiger partial charge >= 0.3 is 0 Å². The first-order valence-electron chi connectivity index (χ1n) is 11.5. The Morgan fingerprint density at radius 2 is 1.74 bits per heavy atom. The predicted octanol–water partition coefficient (Wildman–Crippen LogP) is 3.55. The van der Waals surface area contributed by atoms with Crippen LogP contribution >= 0.6 is 0 Å². The summed E-state index contributed by atoms with van der Waals surface area (Å²) in [6, 6.07) is 19.0. The number of piperazine rings is 1. The number of hydrogen-bond acceptors (Lipinski definition) is 5. The number of pyridine rings is 2. The summed E-state index contributed by atoms with van der Waals surface area (Å²) in [7, 11) is 1.64. The van der Waals surface area contributed by atoms with Crippen molar-refractivity contribution in [3.05, 3.63) is 100 Å². The second-order valence-corrected chi connectivity index (χ2v) is 8.44. The van der Waals surface area contributed by atoms with E-state index in [-0.39, 0.29) is 23.8 Å². The molecule has 1 saturated heterocycles. The molecule has 1 aliphatic heterocycles. The summed E-state index contributed by atoms with van der Waals surface area (Å²) in [5, 5.41) is 0.699. The van der Waals surface area contributed by atoms with Crippen molar-refractivity contribution in [2.75, 3.05) is 38.2 Å². The van der Waals surface area contributed by atoms with Crippen LogP contribution in [0.15, 0.2) is 77.7 Å². The molecule has 1 amide bonds. The molecule has 2 aromatic heterocycles. The van der Waals surface area contributed by atoms with Crippen LogP contribution < -0.4 is 15.2 Å². The van der Waals surface area contributed by atoms with Gasteiger partial charge in [0.05, 0.1) is 19.3 Å². The highest BCUT2D eigenvalue weighted by atomic mass is 19.1. The molecule has 4 aromatic rings. The van der Waals surface area contributed by atoms with E-state index in [2.05, 4.69) is 9.88 Å². The Morgan fingerprint density at radius 1 is 1.00 bits per heavy atom. The predicted molar refractivity (Wildman–Crippen MR) is 133 cm³/mol. The van der Waals surface area contributed by atoms with Crippen molar-refractivity contribution >= 4 is 22.6 Å². The van der Waals surface area contributed by atoms with E-state index in [0.717, 1.165) is 17.0 Å². The highest BCUT2D eigenvalue weighted by Crippen LogP contribution is 2.28. The van der Waals surface area contributed by atoms with Crippen LogP contribution in [0.25, 0.3) is 11.0 Å². The van der Waals surface area contributed by atoms with Crippen LogP contribution in [0.2, 0.25) is 0 Å². The third-order valence-corrected chi connectivity index (χ3v) is 6.33. The summed E-state index contributed by atoms with van der Waals surface area (Å²) >= 11 is 0. The number of halogens is 1. The summed E-state index contributed by atoms with van der Waals surface area (Å²) in [6.07, 6.45) is 1.61. The average molecular weight is 473 g/mol. The number of anilines is 1. The summed E-state index contributed by atoms with van der Waals surface area (Å²) < 4.78 is 20.3. The molecule has 178 valence electrons. The van der Waals surface area contributed by atoms with Gasteiger partial charge in [-0.1, -0.05) is 24.3 Å². The Balaban J connectivity index is 1.43. The third-order valence-electron chi connectivity index (χ3n) is 6.33. The Bertz CT molecular complexity index is 1430. The van der Waals surface area contributed by atoms with Crippen molar-refractivity contribution < 1.29 is 13.9 Å². The smallest absolute Gasteiger partial charge is 0.265 e. The van der Waals surface area contributed by atoms with E-state index in [1.165, 1.54) is 16.7 Å². The van der Waals surface area contributed by atoms with Gasteiger partial charge in [-0.2, -0.15) is 0 Å². The fourth-order valence-corrected chi connectivity index (χ4v) is 4.49. The molecule has 0 bridgehead atoms. The molecule has 0 aliphatic carbocycles. The number of ether oxygens (including phenoxy) is 1. The van der Waals surface area contributed by atoms with Crippen LogP contribution in [-0.2, 0) is 6.54 Å². The Hall–Kier alpha value is -4.20. The zero-order chi connectivity index (χ0) is 24.4. The van der Waals surface area contributed by atoms with E-state index >= 15 is 0 Å². The normalized spacial score (nSPS) is 13.8. The van der Waals surface area contributed by atoms with Crippen molar-refractivity contribution in [2.24, 2.45) is 0 Å². The lowest BCUT2D eigenvalue weighted by Crippen LogP contribution is -2.50. The van der Waals surface area contributed by atoms with Crippen molar-refractivity contribution in [1.82, 2.24) is 14.5 Å². The zero-order valence-electron chi connectivity index (χ0n) is 19.4. The molecule has 0 N–H and O–H groups in total. The highest BCUT2D eigenvalue weighted by molar-refractivity contribution is 5.97. The second-order valence-electron chi connectivity index (χ2n) is 8.44. The first-order chi connectivity index (χ1) is 17.0. The number of benzene rings is 2. The van der Waals surface area contributed by atoms with Crippen LogP contribution in [0.1, 0.15) is 15.9 Å². The number of rotatable bonds is 5. The molecule has 1 aliphatic rings. The molecule has 0 unspecified atom stereocenters. The largest absolute Gasteiger partial charge is 0.495 e. The number of carbonyl (C=O) groups excluding carboxylic acids is 1. The van der Waals surface area contributed by atoms with Gasteiger partial charge < -0.3 is 14.5 Å². The van der Waals surface area contributed by atoms with Crippen LogP contribution in [0.4, 0.5) is 10.1 Å². The van der Waals surface area contributed by atoms with Crippen molar-refractivity contribution in [3.63, 3.8) is 0 Å². The van der Waals surface area contributed by atoms with E-state index in [4.69, 9.17) is 4.74 Å². The van der Waals surface area contributed by atoms with Crippen LogP contribution in [-0.4, -0.2) is 53.6 Å². The number of nitrogens with zero attached hydrogens (tertiary/aromatic N) is 4.